The molecule has 0 spiro atoms. The lowest BCUT2D eigenvalue weighted by Gasteiger charge is -2.24. The van der Waals surface area contributed by atoms with Crippen molar-refractivity contribution in [1.29, 1.82) is 0 Å². The fraction of sp³-hybridized carbons (Fsp3) is 0.643. The van der Waals surface area contributed by atoms with Crippen LogP contribution in [0.25, 0.3) is 0 Å². The number of aryl methyl sites for hydroxylation is 1. The Hall–Kier alpha value is -1.20. The van der Waals surface area contributed by atoms with E-state index in [0.29, 0.717) is 11.4 Å². The normalized spacial score (nSPS) is 18.5. The predicted molar refractivity (Wildman–Crippen MR) is 81.5 cm³/mol. The molecule has 112 valence electrons. The van der Waals surface area contributed by atoms with E-state index in [0.717, 1.165) is 31.6 Å². The number of nitrogens with one attached hydrogen (secondary N) is 2. The molecule has 1 amide bonds. The first-order valence-electron chi connectivity index (χ1n) is 6.93. The van der Waals surface area contributed by atoms with Crippen LogP contribution in [0.1, 0.15) is 54.5 Å². The van der Waals surface area contributed by atoms with Crippen LogP contribution in [0.4, 0.5) is 0 Å². The molecule has 0 radical (unpaired) electrons. The van der Waals surface area contributed by atoms with Gasteiger partial charge in [-0.3, -0.25) is 4.79 Å². The van der Waals surface area contributed by atoms with E-state index in [4.69, 9.17) is 0 Å². The number of aromatic nitrogens is 2. The third-order valence-electron chi connectivity index (χ3n) is 3.36. The number of hydrogen-bond acceptors (Lipinski definition) is 4. The second-order valence-electron chi connectivity index (χ2n) is 5.39. The van der Waals surface area contributed by atoms with Gasteiger partial charge in [-0.15, -0.1) is 12.4 Å². The summed E-state index contributed by atoms with van der Waals surface area (Å²) in [4.78, 5) is 20.9. The molecule has 0 unspecified atom stereocenters. The number of nitrogens with zero attached hydrogens (tertiary/aromatic N) is 2. The molecule has 1 aliphatic rings. The maximum Gasteiger partial charge on any atom is 0.254 e. The van der Waals surface area contributed by atoms with Gasteiger partial charge in [0.25, 0.3) is 5.91 Å². The quantitative estimate of drug-likeness (QED) is 0.893. The van der Waals surface area contributed by atoms with Gasteiger partial charge in [0, 0.05) is 18.8 Å². The summed E-state index contributed by atoms with van der Waals surface area (Å²) in [5, 5.41) is 6.36. The minimum absolute atomic E-state index is 0. The summed E-state index contributed by atoms with van der Waals surface area (Å²) >= 11 is 0. The Morgan fingerprint density at radius 3 is 2.85 bits per heavy atom. The number of piperidine rings is 1. The smallest absolute Gasteiger partial charge is 0.254 e. The van der Waals surface area contributed by atoms with Gasteiger partial charge in [-0.1, -0.05) is 13.8 Å². The van der Waals surface area contributed by atoms with Crippen LogP contribution in [-0.4, -0.2) is 35.0 Å². The minimum atomic E-state index is -0.0580. The lowest BCUT2D eigenvalue weighted by atomic mass is 10.0. The van der Waals surface area contributed by atoms with Gasteiger partial charge < -0.3 is 10.6 Å². The fourth-order valence-corrected chi connectivity index (χ4v) is 2.34. The fourth-order valence-electron chi connectivity index (χ4n) is 2.34. The number of carbonyl (C=O) groups excluding carboxylic acids is 1. The largest absolute Gasteiger partial charge is 0.348 e. The van der Waals surface area contributed by atoms with E-state index in [-0.39, 0.29) is 30.3 Å². The highest BCUT2D eigenvalue weighted by molar-refractivity contribution is 5.95. The standard InChI is InChI=1S/C14H22N4O.ClH/c1-9(2)13-12(8-16-10(3)17-13)14(19)18-11-5-4-6-15-7-11;/h8-9,11,15H,4-7H2,1-3H3,(H,18,19);1H/t11-;/m0./s1. The Kier molecular flexibility index (Phi) is 6.36. The highest BCUT2D eigenvalue weighted by Crippen LogP contribution is 2.17. The van der Waals surface area contributed by atoms with Gasteiger partial charge in [-0.2, -0.15) is 0 Å². The van der Waals surface area contributed by atoms with E-state index >= 15 is 0 Å². The van der Waals surface area contributed by atoms with Crippen molar-refractivity contribution in [2.75, 3.05) is 13.1 Å². The molecule has 0 bridgehead atoms. The maximum absolute atomic E-state index is 12.3. The molecule has 6 heteroatoms. The van der Waals surface area contributed by atoms with Crippen molar-refractivity contribution in [3.8, 4) is 0 Å². The summed E-state index contributed by atoms with van der Waals surface area (Å²) in [6.07, 6.45) is 3.78. The zero-order chi connectivity index (χ0) is 13.8. The average molecular weight is 299 g/mol. The zero-order valence-electron chi connectivity index (χ0n) is 12.3. The SMILES string of the molecule is Cc1ncc(C(=O)N[C@H]2CCCNC2)c(C(C)C)n1.Cl. The summed E-state index contributed by atoms with van der Waals surface area (Å²) in [6, 6.07) is 0.211. The molecule has 1 fully saturated rings. The topological polar surface area (TPSA) is 66.9 Å². The summed E-state index contributed by atoms with van der Waals surface area (Å²) < 4.78 is 0. The van der Waals surface area contributed by atoms with E-state index < -0.39 is 0 Å². The van der Waals surface area contributed by atoms with E-state index in [1.807, 2.05) is 20.8 Å². The van der Waals surface area contributed by atoms with Crippen LogP contribution in [0.5, 0.6) is 0 Å². The van der Waals surface area contributed by atoms with Crippen molar-refractivity contribution >= 4 is 18.3 Å². The van der Waals surface area contributed by atoms with Gasteiger partial charge in [0.05, 0.1) is 11.3 Å². The Labute approximate surface area is 126 Å². The molecule has 2 heterocycles. The molecule has 1 aromatic rings. The van der Waals surface area contributed by atoms with E-state index in [1.54, 1.807) is 6.20 Å². The third kappa shape index (κ3) is 4.15. The molecule has 2 N–H and O–H groups in total. The lowest BCUT2D eigenvalue weighted by Crippen LogP contribution is -2.45. The van der Waals surface area contributed by atoms with Crippen LogP contribution >= 0.6 is 12.4 Å². The van der Waals surface area contributed by atoms with Crippen molar-refractivity contribution in [3.63, 3.8) is 0 Å². The second kappa shape index (κ2) is 7.55. The zero-order valence-corrected chi connectivity index (χ0v) is 13.1. The van der Waals surface area contributed by atoms with Gasteiger partial charge in [-0.05, 0) is 32.2 Å². The molecule has 0 aromatic carbocycles. The van der Waals surface area contributed by atoms with Gasteiger partial charge in [-0.25, -0.2) is 9.97 Å². The monoisotopic (exact) mass is 298 g/mol. The Balaban J connectivity index is 0.00000200. The molecule has 0 saturated carbocycles. The van der Waals surface area contributed by atoms with Crippen LogP contribution in [0.3, 0.4) is 0 Å². The van der Waals surface area contributed by atoms with Crippen molar-refractivity contribution in [1.82, 2.24) is 20.6 Å². The molecule has 1 saturated heterocycles. The predicted octanol–water partition coefficient (Wildman–Crippen LogP) is 1.81. The van der Waals surface area contributed by atoms with Gasteiger partial charge in [0.1, 0.15) is 5.82 Å². The molecule has 1 aromatic heterocycles. The molecule has 1 aliphatic heterocycles. The van der Waals surface area contributed by atoms with Crippen LogP contribution in [0, 0.1) is 6.92 Å². The summed E-state index contributed by atoms with van der Waals surface area (Å²) in [5.74, 6) is 0.865. The van der Waals surface area contributed by atoms with Crippen molar-refractivity contribution in [3.05, 3.63) is 23.3 Å². The number of rotatable bonds is 3. The van der Waals surface area contributed by atoms with Gasteiger partial charge >= 0.3 is 0 Å². The van der Waals surface area contributed by atoms with Crippen LogP contribution in [0.2, 0.25) is 0 Å². The first-order valence-corrected chi connectivity index (χ1v) is 6.93. The molecule has 20 heavy (non-hydrogen) atoms. The summed E-state index contributed by atoms with van der Waals surface area (Å²) in [5.41, 5.74) is 1.43. The molecule has 1 atom stereocenters. The molecule has 2 rings (SSSR count). The third-order valence-corrected chi connectivity index (χ3v) is 3.36. The van der Waals surface area contributed by atoms with E-state index in [1.165, 1.54) is 0 Å². The van der Waals surface area contributed by atoms with Crippen LogP contribution < -0.4 is 10.6 Å². The van der Waals surface area contributed by atoms with E-state index in [9.17, 15) is 4.79 Å². The first-order chi connectivity index (χ1) is 9.08. The Bertz CT molecular complexity index is 458. The number of hydrogen-bond donors (Lipinski definition) is 2. The molecular weight excluding hydrogens is 276 g/mol. The number of carbonyl (C=O) groups is 1. The average Bonchev–Trinajstić information content (AvgIpc) is 2.39. The van der Waals surface area contributed by atoms with Crippen molar-refractivity contribution < 1.29 is 4.79 Å². The summed E-state index contributed by atoms with van der Waals surface area (Å²) in [6.45, 7) is 7.81. The number of amides is 1. The van der Waals surface area contributed by atoms with Gasteiger partial charge in [0.15, 0.2) is 0 Å². The number of halogens is 1. The van der Waals surface area contributed by atoms with E-state index in [2.05, 4.69) is 20.6 Å². The Morgan fingerprint density at radius 2 is 2.25 bits per heavy atom. The van der Waals surface area contributed by atoms with Crippen molar-refractivity contribution in [2.24, 2.45) is 0 Å². The minimum Gasteiger partial charge on any atom is -0.348 e. The van der Waals surface area contributed by atoms with Crippen molar-refractivity contribution in [2.45, 2.75) is 45.6 Å². The van der Waals surface area contributed by atoms with Crippen LogP contribution in [-0.2, 0) is 0 Å². The molecule has 0 aliphatic carbocycles. The Morgan fingerprint density at radius 1 is 1.50 bits per heavy atom. The highest BCUT2D eigenvalue weighted by atomic mass is 35.5. The maximum atomic E-state index is 12.3. The van der Waals surface area contributed by atoms with Gasteiger partial charge in [0.2, 0.25) is 0 Å². The lowest BCUT2D eigenvalue weighted by molar-refractivity contribution is 0.0928. The molecule has 5 nitrogen and oxygen atoms in total. The summed E-state index contributed by atoms with van der Waals surface area (Å²) in [7, 11) is 0. The second-order valence-corrected chi connectivity index (χ2v) is 5.39. The highest BCUT2D eigenvalue weighted by Gasteiger charge is 2.20. The van der Waals surface area contributed by atoms with Crippen LogP contribution in [0.15, 0.2) is 6.20 Å². The molecular formula is C14H23ClN4O. The first kappa shape index (κ1) is 16.9.